The van der Waals surface area contributed by atoms with E-state index in [-0.39, 0.29) is 11.5 Å². The van der Waals surface area contributed by atoms with Crippen molar-refractivity contribution in [1.82, 2.24) is 5.32 Å². The van der Waals surface area contributed by atoms with Gasteiger partial charge < -0.3 is 15.2 Å². The smallest absolute Gasteiger partial charge is 0.251 e. The summed E-state index contributed by atoms with van der Waals surface area (Å²) >= 11 is 0. The second kappa shape index (κ2) is 3.87. The van der Waals surface area contributed by atoms with Crippen LogP contribution in [-0.4, -0.2) is 35.4 Å². The minimum absolute atomic E-state index is 0.249. The Morgan fingerprint density at radius 2 is 2.29 bits per heavy atom. The van der Waals surface area contributed by atoms with E-state index in [4.69, 9.17) is 4.74 Å². The number of rotatable bonds is 3. The molecule has 1 unspecified atom stereocenters. The van der Waals surface area contributed by atoms with Crippen LogP contribution in [0.2, 0.25) is 0 Å². The number of hydrogen-bond donors (Lipinski definition) is 2. The summed E-state index contributed by atoms with van der Waals surface area (Å²) in [6, 6.07) is 0. The molecule has 0 spiro atoms. The van der Waals surface area contributed by atoms with Gasteiger partial charge in [0.15, 0.2) is 0 Å². The van der Waals surface area contributed by atoms with Crippen LogP contribution < -0.4 is 5.32 Å². The summed E-state index contributed by atoms with van der Waals surface area (Å²) in [4.78, 5) is 11.3. The second-order valence-electron chi connectivity index (χ2n) is 4.64. The molecule has 2 N–H and O–H groups in total. The van der Waals surface area contributed by atoms with Gasteiger partial charge in [0.2, 0.25) is 0 Å². The minimum atomic E-state index is -1.31. The number of carbonyl (C=O) groups is 1. The zero-order chi connectivity index (χ0) is 10.8. The van der Waals surface area contributed by atoms with Crippen LogP contribution in [0.1, 0.15) is 33.6 Å². The average molecular weight is 201 g/mol. The number of aliphatic hydroxyl groups is 1. The summed E-state index contributed by atoms with van der Waals surface area (Å²) in [7, 11) is 0. The van der Waals surface area contributed by atoms with Crippen LogP contribution >= 0.6 is 0 Å². The Labute approximate surface area is 84.6 Å². The van der Waals surface area contributed by atoms with Gasteiger partial charge in [-0.1, -0.05) is 0 Å². The fourth-order valence-electron chi connectivity index (χ4n) is 1.46. The SMILES string of the molecule is CC1(CNC(=O)C(C)(C)O)CCCO1. The molecule has 1 rings (SSSR count). The van der Waals surface area contributed by atoms with E-state index >= 15 is 0 Å². The summed E-state index contributed by atoms with van der Waals surface area (Å²) in [5, 5.41) is 12.1. The number of nitrogens with one attached hydrogen (secondary N) is 1. The Bertz CT molecular complexity index is 214. The van der Waals surface area contributed by atoms with Crippen LogP contribution in [0.25, 0.3) is 0 Å². The minimum Gasteiger partial charge on any atom is -0.381 e. The Balaban J connectivity index is 2.37. The molecule has 0 aliphatic carbocycles. The molecule has 0 aromatic heterocycles. The summed E-state index contributed by atoms with van der Waals surface area (Å²) in [6.07, 6.45) is 1.99. The van der Waals surface area contributed by atoms with Crippen LogP contribution in [0.5, 0.6) is 0 Å². The second-order valence-corrected chi connectivity index (χ2v) is 4.64. The highest BCUT2D eigenvalue weighted by Gasteiger charge is 2.32. The van der Waals surface area contributed by atoms with Gasteiger partial charge in [0, 0.05) is 13.2 Å². The fourth-order valence-corrected chi connectivity index (χ4v) is 1.46. The van der Waals surface area contributed by atoms with Gasteiger partial charge in [-0.2, -0.15) is 0 Å². The van der Waals surface area contributed by atoms with Crippen molar-refractivity contribution >= 4 is 5.91 Å². The van der Waals surface area contributed by atoms with Crippen LogP contribution in [0.4, 0.5) is 0 Å². The third-order valence-electron chi connectivity index (χ3n) is 2.48. The van der Waals surface area contributed by atoms with E-state index in [0.29, 0.717) is 6.54 Å². The van der Waals surface area contributed by atoms with Gasteiger partial charge in [-0.3, -0.25) is 4.79 Å². The first-order chi connectivity index (χ1) is 6.33. The molecule has 1 heterocycles. The number of hydrogen-bond acceptors (Lipinski definition) is 3. The zero-order valence-corrected chi connectivity index (χ0v) is 9.09. The Kier molecular flexibility index (Phi) is 3.17. The molecule has 0 aromatic rings. The van der Waals surface area contributed by atoms with E-state index < -0.39 is 5.60 Å². The van der Waals surface area contributed by atoms with Crippen molar-refractivity contribution in [2.24, 2.45) is 0 Å². The maximum atomic E-state index is 11.3. The number of carbonyl (C=O) groups excluding carboxylic acids is 1. The lowest BCUT2D eigenvalue weighted by atomic mass is 10.0. The van der Waals surface area contributed by atoms with Crippen LogP contribution in [0.3, 0.4) is 0 Å². The predicted octanol–water partition coefficient (Wildman–Crippen LogP) is 0.443. The van der Waals surface area contributed by atoms with Gasteiger partial charge in [-0.15, -0.1) is 0 Å². The van der Waals surface area contributed by atoms with Crippen molar-refractivity contribution in [1.29, 1.82) is 0 Å². The Hall–Kier alpha value is -0.610. The number of amides is 1. The van der Waals surface area contributed by atoms with Crippen LogP contribution in [0.15, 0.2) is 0 Å². The van der Waals surface area contributed by atoms with Crippen molar-refractivity contribution in [2.45, 2.75) is 44.8 Å². The molecule has 1 saturated heterocycles. The van der Waals surface area contributed by atoms with Gasteiger partial charge >= 0.3 is 0 Å². The van der Waals surface area contributed by atoms with Gasteiger partial charge in [-0.25, -0.2) is 0 Å². The van der Waals surface area contributed by atoms with E-state index in [0.717, 1.165) is 19.4 Å². The molecule has 82 valence electrons. The van der Waals surface area contributed by atoms with E-state index in [1.807, 2.05) is 6.92 Å². The normalized spacial score (nSPS) is 27.7. The monoisotopic (exact) mass is 201 g/mol. The summed E-state index contributed by atoms with van der Waals surface area (Å²) < 4.78 is 5.51. The lowest BCUT2D eigenvalue weighted by Gasteiger charge is -2.25. The average Bonchev–Trinajstić information content (AvgIpc) is 2.47. The van der Waals surface area contributed by atoms with Crippen molar-refractivity contribution in [3.8, 4) is 0 Å². The molecule has 1 aliphatic heterocycles. The molecular weight excluding hydrogens is 182 g/mol. The van der Waals surface area contributed by atoms with Gasteiger partial charge in [0.25, 0.3) is 5.91 Å². The van der Waals surface area contributed by atoms with Gasteiger partial charge in [-0.05, 0) is 33.6 Å². The molecule has 4 nitrogen and oxygen atoms in total. The molecule has 1 atom stereocenters. The zero-order valence-electron chi connectivity index (χ0n) is 9.09. The van der Waals surface area contributed by atoms with E-state index in [1.165, 1.54) is 13.8 Å². The van der Waals surface area contributed by atoms with Crippen LogP contribution in [-0.2, 0) is 9.53 Å². The molecular formula is C10H19NO3. The Morgan fingerprint density at radius 3 is 2.71 bits per heavy atom. The molecule has 0 aromatic carbocycles. The number of ether oxygens (including phenoxy) is 1. The summed E-state index contributed by atoms with van der Waals surface area (Å²) in [6.45, 7) is 6.15. The maximum Gasteiger partial charge on any atom is 0.251 e. The lowest BCUT2D eigenvalue weighted by Crippen LogP contribution is -2.47. The van der Waals surface area contributed by atoms with E-state index in [1.54, 1.807) is 0 Å². The molecule has 0 bridgehead atoms. The quantitative estimate of drug-likeness (QED) is 0.696. The molecule has 14 heavy (non-hydrogen) atoms. The third kappa shape index (κ3) is 2.96. The highest BCUT2D eigenvalue weighted by atomic mass is 16.5. The molecule has 1 aliphatic rings. The Morgan fingerprint density at radius 1 is 1.64 bits per heavy atom. The molecule has 1 fully saturated rings. The van der Waals surface area contributed by atoms with E-state index in [9.17, 15) is 9.90 Å². The highest BCUT2D eigenvalue weighted by Crippen LogP contribution is 2.23. The topological polar surface area (TPSA) is 58.6 Å². The van der Waals surface area contributed by atoms with Crippen molar-refractivity contribution < 1.29 is 14.6 Å². The largest absolute Gasteiger partial charge is 0.381 e. The first kappa shape index (κ1) is 11.5. The maximum absolute atomic E-state index is 11.3. The van der Waals surface area contributed by atoms with Crippen molar-refractivity contribution in [2.75, 3.05) is 13.2 Å². The molecule has 1 amide bonds. The molecule has 0 saturated carbocycles. The first-order valence-electron chi connectivity index (χ1n) is 4.98. The summed E-state index contributed by atoms with van der Waals surface area (Å²) in [5.74, 6) is -0.353. The third-order valence-corrected chi connectivity index (χ3v) is 2.48. The van der Waals surface area contributed by atoms with Crippen molar-refractivity contribution in [3.05, 3.63) is 0 Å². The first-order valence-corrected chi connectivity index (χ1v) is 4.98. The van der Waals surface area contributed by atoms with Crippen LogP contribution in [0, 0.1) is 0 Å². The van der Waals surface area contributed by atoms with Crippen molar-refractivity contribution in [3.63, 3.8) is 0 Å². The van der Waals surface area contributed by atoms with Gasteiger partial charge in [0.05, 0.1) is 5.60 Å². The molecule has 4 heteroatoms. The van der Waals surface area contributed by atoms with E-state index in [2.05, 4.69) is 5.32 Å². The predicted molar refractivity (Wildman–Crippen MR) is 52.9 cm³/mol. The highest BCUT2D eigenvalue weighted by molar-refractivity contribution is 5.83. The standard InChI is InChI=1S/C10H19NO3/c1-9(2,13)8(12)11-7-10(3)5-4-6-14-10/h13H,4-7H2,1-3H3,(H,11,12). The van der Waals surface area contributed by atoms with Gasteiger partial charge in [0.1, 0.15) is 5.60 Å². The molecule has 0 radical (unpaired) electrons. The fraction of sp³-hybridized carbons (Fsp3) is 0.900. The summed E-state index contributed by atoms with van der Waals surface area (Å²) in [5.41, 5.74) is -1.56. The lowest BCUT2D eigenvalue weighted by molar-refractivity contribution is -0.137.